The van der Waals surface area contributed by atoms with E-state index in [4.69, 9.17) is 0 Å². The van der Waals surface area contributed by atoms with E-state index in [1.807, 2.05) is 11.3 Å². The number of nitrogens with one attached hydrogen (secondary N) is 1. The number of anilines is 1. The quantitative estimate of drug-likeness (QED) is 0.685. The highest BCUT2D eigenvalue weighted by atomic mass is 32.1. The Bertz CT molecular complexity index is 725. The molecular weight excluding hydrogens is 274 g/mol. The van der Waals surface area contributed by atoms with Crippen LogP contribution >= 0.6 is 11.3 Å². The van der Waals surface area contributed by atoms with Gasteiger partial charge in [0.1, 0.15) is 0 Å². The number of allylic oxidation sites excluding steroid dienone is 2. The highest BCUT2D eigenvalue weighted by Crippen LogP contribution is 2.51. The number of hydrogen-bond donors (Lipinski definition) is 1. The van der Waals surface area contributed by atoms with E-state index in [2.05, 4.69) is 62.5 Å². The fourth-order valence-electron chi connectivity index (χ4n) is 3.98. The van der Waals surface area contributed by atoms with Gasteiger partial charge in [0.05, 0.1) is 6.04 Å². The summed E-state index contributed by atoms with van der Waals surface area (Å²) in [7, 11) is 0. The number of aryl methyl sites for hydroxylation is 3. The van der Waals surface area contributed by atoms with Crippen LogP contribution in [-0.4, -0.2) is 0 Å². The molecule has 0 bridgehead atoms. The van der Waals surface area contributed by atoms with E-state index in [1.54, 1.807) is 0 Å². The van der Waals surface area contributed by atoms with Crippen LogP contribution in [0, 0.1) is 26.7 Å². The van der Waals surface area contributed by atoms with Crippen molar-refractivity contribution in [2.45, 2.75) is 39.2 Å². The van der Waals surface area contributed by atoms with Crippen molar-refractivity contribution >= 4 is 17.0 Å². The third-order valence-electron chi connectivity index (χ3n) is 4.88. The molecule has 21 heavy (non-hydrogen) atoms. The summed E-state index contributed by atoms with van der Waals surface area (Å²) in [5.41, 5.74) is 5.61. The molecule has 0 radical (unpaired) electrons. The van der Waals surface area contributed by atoms with Crippen molar-refractivity contribution in [3.05, 3.63) is 62.9 Å². The van der Waals surface area contributed by atoms with Crippen LogP contribution in [0.1, 0.15) is 44.8 Å². The van der Waals surface area contributed by atoms with Crippen LogP contribution in [0.25, 0.3) is 0 Å². The van der Waals surface area contributed by atoms with Crippen molar-refractivity contribution in [2.24, 2.45) is 5.92 Å². The molecule has 0 saturated heterocycles. The second kappa shape index (κ2) is 4.74. The first-order valence-electron chi connectivity index (χ1n) is 7.74. The number of thiophene rings is 1. The summed E-state index contributed by atoms with van der Waals surface area (Å²) in [6, 6.07) is 9.68. The van der Waals surface area contributed by atoms with Gasteiger partial charge in [-0.2, -0.15) is 0 Å². The summed E-state index contributed by atoms with van der Waals surface area (Å²) < 4.78 is 0. The van der Waals surface area contributed by atoms with Gasteiger partial charge in [0.2, 0.25) is 0 Å². The molecule has 0 saturated carbocycles. The van der Waals surface area contributed by atoms with Crippen molar-refractivity contribution in [1.29, 1.82) is 0 Å². The molecule has 1 aromatic carbocycles. The van der Waals surface area contributed by atoms with Gasteiger partial charge in [0, 0.05) is 21.4 Å². The minimum atomic E-state index is 0.456. The topological polar surface area (TPSA) is 12.0 Å². The molecule has 1 aliphatic carbocycles. The van der Waals surface area contributed by atoms with E-state index in [9.17, 15) is 0 Å². The van der Waals surface area contributed by atoms with Crippen molar-refractivity contribution in [3.63, 3.8) is 0 Å². The zero-order valence-electron chi connectivity index (χ0n) is 12.8. The molecular formula is C19H21NS. The number of fused-ring (bicyclic) bond motifs is 3. The van der Waals surface area contributed by atoms with Crippen LogP contribution < -0.4 is 5.32 Å². The Labute approximate surface area is 130 Å². The first-order chi connectivity index (χ1) is 10.1. The Morgan fingerprint density at radius 3 is 2.76 bits per heavy atom. The fraction of sp³-hybridized carbons (Fsp3) is 0.368. The van der Waals surface area contributed by atoms with Gasteiger partial charge in [-0.3, -0.25) is 0 Å². The van der Waals surface area contributed by atoms with Gasteiger partial charge >= 0.3 is 0 Å². The summed E-state index contributed by atoms with van der Waals surface area (Å²) in [6.45, 7) is 6.63. The lowest BCUT2D eigenvalue weighted by Gasteiger charge is -2.38. The third-order valence-corrected chi connectivity index (χ3v) is 5.96. The van der Waals surface area contributed by atoms with Crippen LogP contribution in [0.5, 0.6) is 0 Å². The molecule has 0 amide bonds. The maximum absolute atomic E-state index is 3.86. The van der Waals surface area contributed by atoms with Crippen LogP contribution in [-0.2, 0) is 0 Å². The maximum atomic E-state index is 3.86. The summed E-state index contributed by atoms with van der Waals surface area (Å²) >= 11 is 1.94. The van der Waals surface area contributed by atoms with E-state index >= 15 is 0 Å². The molecule has 2 aliphatic rings. The lowest BCUT2D eigenvalue weighted by Crippen LogP contribution is -2.29. The Morgan fingerprint density at radius 2 is 2.00 bits per heavy atom. The SMILES string of the molecule is Cc1cc(C)c2c(c1)C1C=CCC1C(c1ccc(C)s1)N2. The summed E-state index contributed by atoms with van der Waals surface area (Å²) in [4.78, 5) is 2.89. The fourth-order valence-corrected chi connectivity index (χ4v) is 4.98. The van der Waals surface area contributed by atoms with Gasteiger partial charge < -0.3 is 5.32 Å². The average molecular weight is 295 g/mol. The van der Waals surface area contributed by atoms with E-state index < -0.39 is 0 Å². The van der Waals surface area contributed by atoms with Gasteiger partial charge in [0.15, 0.2) is 0 Å². The zero-order chi connectivity index (χ0) is 14.6. The standard InChI is InChI=1S/C19H21NS/c1-11-9-12(2)18-16(10-11)14-5-4-6-15(14)19(20-18)17-8-7-13(3)21-17/h4-5,7-10,14-15,19-20H,6H2,1-3H3. The molecule has 3 unspecified atom stereocenters. The predicted molar refractivity (Wildman–Crippen MR) is 91.3 cm³/mol. The van der Waals surface area contributed by atoms with Gasteiger partial charge in [-0.05, 0) is 56.4 Å². The highest BCUT2D eigenvalue weighted by molar-refractivity contribution is 7.12. The Kier molecular flexibility index (Phi) is 2.97. The Balaban J connectivity index is 1.84. The zero-order valence-corrected chi connectivity index (χ0v) is 13.6. The third kappa shape index (κ3) is 2.04. The molecule has 1 nitrogen and oxygen atoms in total. The first-order valence-corrected chi connectivity index (χ1v) is 8.56. The van der Waals surface area contributed by atoms with Crippen LogP contribution in [0.15, 0.2) is 36.4 Å². The molecule has 0 fully saturated rings. The minimum Gasteiger partial charge on any atom is -0.377 e. The molecule has 3 atom stereocenters. The smallest absolute Gasteiger partial charge is 0.0646 e. The molecule has 0 spiro atoms. The Morgan fingerprint density at radius 1 is 1.14 bits per heavy atom. The van der Waals surface area contributed by atoms with Crippen LogP contribution in [0.2, 0.25) is 0 Å². The monoisotopic (exact) mass is 295 g/mol. The lowest BCUT2D eigenvalue weighted by atomic mass is 9.77. The second-order valence-electron chi connectivity index (χ2n) is 6.47. The second-order valence-corrected chi connectivity index (χ2v) is 7.79. The Hall–Kier alpha value is -1.54. The van der Waals surface area contributed by atoms with Gasteiger partial charge in [-0.1, -0.05) is 29.8 Å². The molecule has 4 rings (SSSR count). The van der Waals surface area contributed by atoms with Crippen molar-refractivity contribution in [2.75, 3.05) is 5.32 Å². The molecule has 1 aromatic heterocycles. The molecule has 108 valence electrons. The first kappa shape index (κ1) is 13.1. The van der Waals surface area contributed by atoms with Crippen LogP contribution in [0.3, 0.4) is 0 Å². The van der Waals surface area contributed by atoms with Gasteiger partial charge in [-0.15, -0.1) is 11.3 Å². The number of rotatable bonds is 1. The van der Waals surface area contributed by atoms with Gasteiger partial charge in [-0.25, -0.2) is 0 Å². The maximum Gasteiger partial charge on any atom is 0.0646 e. The van der Waals surface area contributed by atoms with E-state index in [1.165, 1.54) is 38.6 Å². The van der Waals surface area contributed by atoms with Crippen molar-refractivity contribution in [3.8, 4) is 0 Å². The molecule has 1 aliphatic heterocycles. The van der Waals surface area contributed by atoms with E-state index in [0.717, 1.165) is 0 Å². The lowest BCUT2D eigenvalue weighted by molar-refractivity contribution is 0.429. The number of benzene rings is 1. The largest absolute Gasteiger partial charge is 0.377 e. The summed E-state index contributed by atoms with van der Waals surface area (Å²) in [6.07, 6.45) is 5.99. The predicted octanol–water partition coefficient (Wildman–Crippen LogP) is 5.50. The van der Waals surface area contributed by atoms with Gasteiger partial charge in [0.25, 0.3) is 0 Å². The van der Waals surface area contributed by atoms with E-state index in [0.29, 0.717) is 17.9 Å². The van der Waals surface area contributed by atoms with Crippen LogP contribution in [0.4, 0.5) is 5.69 Å². The molecule has 2 heteroatoms. The normalized spacial score (nSPS) is 26.3. The van der Waals surface area contributed by atoms with Crippen molar-refractivity contribution in [1.82, 2.24) is 0 Å². The van der Waals surface area contributed by atoms with E-state index in [-0.39, 0.29) is 0 Å². The molecule has 2 aromatic rings. The minimum absolute atomic E-state index is 0.456. The molecule has 2 heterocycles. The highest BCUT2D eigenvalue weighted by Gasteiger charge is 2.38. The van der Waals surface area contributed by atoms with Crippen molar-refractivity contribution < 1.29 is 0 Å². The summed E-state index contributed by atoms with van der Waals surface area (Å²) in [5.74, 6) is 1.24. The summed E-state index contributed by atoms with van der Waals surface area (Å²) in [5, 5.41) is 3.86. The number of hydrogen-bond acceptors (Lipinski definition) is 2. The molecule has 1 N–H and O–H groups in total. The average Bonchev–Trinajstić information content (AvgIpc) is 3.07.